The number of carbonyl (C=O) groups excluding carboxylic acids is 1. The maximum atomic E-state index is 11.5. The van der Waals surface area contributed by atoms with Crippen molar-refractivity contribution in [3.8, 4) is 0 Å². The number of nitrogens with one attached hydrogen (secondary N) is 1. The fourth-order valence-corrected chi connectivity index (χ4v) is 2.16. The van der Waals surface area contributed by atoms with Gasteiger partial charge in [0, 0.05) is 28.9 Å². The molecule has 1 aromatic rings. The third-order valence-corrected chi connectivity index (χ3v) is 3.57. The Bertz CT molecular complexity index is 377. The van der Waals surface area contributed by atoms with Gasteiger partial charge in [-0.2, -0.15) is 0 Å². The maximum Gasteiger partial charge on any atom is 0.251 e. The van der Waals surface area contributed by atoms with Gasteiger partial charge in [-0.1, -0.05) is 13.8 Å². The molecular formula is C12H18N2OS. The van der Waals surface area contributed by atoms with Gasteiger partial charge in [0.1, 0.15) is 0 Å². The van der Waals surface area contributed by atoms with Crippen LogP contribution in [0.1, 0.15) is 24.2 Å². The van der Waals surface area contributed by atoms with E-state index in [9.17, 15) is 4.79 Å². The minimum Gasteiger partial charge on any atom is -0.398 e. The molecule has 1 aromatic carbocycles. The molecule has 1 amide bonds. The summed E-state index contributed by atoms with van der Waals surface area (Å²) in [4.78, 5) is 12.4. The van der Waals surface area contributed by atoms with Gasteiger partial charge < -0.3 is 11.1 Å². The zero-order valence-electron chi connectivity index (χ0n) is 9.91. The lowest BCUT2D eigenvalue weighted by Gasteiger charge is -2.09. The van der Waals surface area contributed by atoms with Gasteiger partial charge in [0.15, 0.2) is 0 Å². The van der Waals surface area contributed by atoms with Gasteiger partial charge in [-0.25, -0.2) is 0 Å². The summed E-state index contributed by atoms with van der Waals surface area (Å²) in [6.07, 6.45) is 0. The quantitative estimate of drug-likeness (QED) is 0.625. The molecule has 0 unspecified atom stereocenters. The Morgan fingerprint density at radius 1 is 1.50 bits per heavy atom. The molecule has 0 saturated carbocycles. The molecule has 0 bridgehead atoms. The van der Waals surface area contributed by atoms with Gasteiger partial charge in [-0.15, -0.1) is 11.8 Å². The predicted octanol–water partition coefficient (Wildman–Crippen LogP) is 2.38. The zero-order chi connectivity index (χ0) is 12.1. The second-order valence-corrected chi connectivity index (χ2v) is 5.10. The minimum atomic E-state index is -0.0774. The number of nitrogen functional groups attached to an aromatic ring is 1. The van der Waals surface area contributed by atoms with Crippen molar-refractivity contribution in [1.29, 1.82) is 0 Å². The van der Waals surface area contributed by atoms with Crippen LogP contribution in [0.3, 0.4) is 0 Å². The average molecular weight is 238 g/mol. The van der Waals surface area contributed by atoms with E-state index in [-0.39, 0.29) is 5.91 Å². The molecule has 0 heterocycles. The fraction of sp³-hybridized carbons (Fsp3) is 0.417. The second kappa shape index (κ2) is 5.80. The van der Waals surface area contributed by atoms with Crippen LogP contribution in [0.15, 0.2) is 23.1 Å². The highest BCUT2D eigenvalue weighted by Gasteiger charge is 2.07. The number of nitrogens with two attached hydrogens (primary N) is 1. The summed E-state index contributed by atoms with van der Waals surface area (Å²) in [5.74, 6) is 1.53. The molecule has 0 fully saturated rings. The molecule has 3 nitrogen and oxygen atoms in total. The standard InChI is InChI=1S/C12H18N2OS/c1-8(2)7-16-11-6-9(12(15)14-3)4-5-10(11)13/h4-6,8H,7,13H2,1-3H3,(H,14,15). The van der Waals surface area contributed by atoms with E-state index in [1.807, 2.05) is 6.07 Å². The van der Waals surface area contributed by atoms with Crippen LogP contribution in [0, 0.1) is 5.92 Å². The normalized spacial score (nSPS) is 10.5. The lowest BCUT2D eigenvalue weighted by molar-refractivity contribution is 0.0963. The van der Waals surface area contributed by atoms with E-state index in [2.05, 4.69) is 19.2 Å². The molecule has 88 valence electrons. The summed E-state index contributed by atoms with van der Waals surface area (Å²) < 4.78 is 0. The van der Waals surface area contributed by atoms with Crippen molar-refractivity contribution in [2.24, 2.45) is 5.92 Å². The third-order valence-electron chi connectivity index (χ3n) is 2.07. The first kappa shape index (κ1) is 12.9. The van der Waals surface area contributed by atoms with Gasteiger partial charge >= 0.3 is 0 Å². The molecule has 0 spiro atoms. The summed E-state index contributed by atoms with van der Waals surface area (Å²) in [6, 6.07) is 5.38. The minimum absolute atomic E-state index is 0.0774. The molecule has 0 atom stereocenters. The van der Waals surface area contributed by atoms with Crippen molar-refractivity contribution in [3.05, 3.63) is 23.8 Å². The van der Waals surface area contributed by atoms with E-state index >= 15 is 0 Å². The monoisotopic (exact) mass is 238 g/mol. The molecule has 0 aliphatic carbocycles. The molecule has 3 N–H and O–H groups in total. The highest BCUT2D eigenvalue weighted by Crippen LogP contribution is 2.27. The van der Waals surface area contributed by atoms with Gasteiger partial charge in [0.05, 0.1) is 0 Å². The molecule has 4 heteroatoms. The second-order valence-electron chi connectivity index (χ2n) is 4.04. The van der Waals surface area contributed by atoms with E-state index in [0.29, 0.717) is 11.5 Å². The Labute approximate surface area is 101 Å². The number of hydrogen-bond donors (Lipinski definition) is 2. The molecule has 0 aromatic heterocycles. The largest absolute Gasteiger partial charge is 0.398 e. The number of benzene rings is 1. The van der Waals surface area contributed by atoms with Crippen molar-refractivity contribution in [2.45, 2.75) is 18.7 Å². The van der Waals surface area contributed by atoms with Crippen LogP contribution in [0.2, 0.25) is 0 Å². The lowest BCUT2D eigenvalue weighted by Crippen LogP contribution is -2.17. The predicted molar refractivity (Wildman–Crippen MR) is 69.8 cm³/mol. The van der Waals surface area contributed by atoms with E-state index < -0.39 is 0 Å². The van der Waals surface area contributed by atoms with E-state index in [1.54, 1.807) is 30.9 Å². The number of hydrogen-bond acceptors (Lipinski definition) is 3. The summed E-state index contributed by atoms with van der Waals surface area (Å²) >= 11 is 1.69. The maximum absolute atomic E-state index is 11.5. The summed E-state index contributed by atoms with van der Waals surface area (Å²) in [5.41, 5.74) is 7.25. The van der Waals surface area contributed by atoms with Crippen LogP contribution in [0.25, 0.3) is 0 Å². The Morgan fingerprint density at radius 2 is 2.19 bits per heavy atom. The third kappa shape index (κ3) is 3.45. The van der Waals surface area contributed by atoms with E-state index in [0.717, 1.165) is 16.3 Å². The van der Waals surface area contributed by atoms with Crippen LogP contribution in [-0.4, -0.2) is 18.7 Å². The highest BCUT2D eigenvalue weighted by molar-refractivity contribution is 7.99. The Hall–Kier alpha value is -1.16. The summed E-state index contributed by atoms with van der Waals surface area (Å²) in [5, 5.41) is 2.60. The van der Waals surface area contributed by atoms with Crippen molar-refractivity contribution >= 4 is 23.4 Å². The molecule has 0 saturated heterocycles. The average Bonchev–Trinajstić information content (AvgIpc) is 2.26. The van der Waals surface area contributed by atoms with Crippen LogP contribution in [-0.2, 0) is 0 Å². The Morgan fingerprint density at radius 3 is 2.75 bits per heavy atom. The molecule has 0 aliphatic heterocycles. The lowest BCUT2D eigenvalue weighted by atomic mass is 10.2. The van der Waals surface area contributed by atoms with Gasteiger partial charge in [0.2, 0.25) is 0 Å². The first-order valence-corrected chi connectivity index (χ1v) is 6.27. The van der Waals surface area contributed by atoms with Crippen LogP contribution in [0.5, 0.6) is 0 Å². The Kier molecular flexibility index (Phi) is 4.68. The highest BCUT2D eigenvalue weighted by atomic mass is 32.2. The van der Waals surface area contributed by atoms with Gasteiger partial charge in [-0.05, 0) is 24.1 Å². The SMILES string of the molecule is CNC(=O)c1ccc(N)c(SCC(C)C)c1. The molecular weight excluding hydrogens is 220 g/mol. The van der Waals surface area contributed by atoms with Crippen LogP contribution >= 0.6 is 11.8 Å². The Balaban J connectivity index is 2.86. The number of carbonyl (C=O) groups is 1. The number of amides is 1. The van der Waals surface area contributed by atoms with Crippen molar-refractivity contribution in [2.75, 3.05) is 18.5 Å². The molecule has 0 radical (unpaired) electrons. The van der Waals surface area contributed by atoms with Crippen LogP contribution in [0.4, 0.5) is 5.69 Å². The summed E-state index contributed by atoms with van der Waals surface area (Å²) in [7, 11) is 1.62. The van der Waals surface area contributed by atoms with E-state index in [1.165, 1.54) is 0 Å². The van der Waals surface area contributed by atoms with Crippen molar-refractivity contribution < 1.29 is 4.79 Å². The van der Waals surface area contributed by atoms with Crippen molar-refractivity contribution in [3.63, 3.8) is 0 Å². The number of anilines is 1. The first-order valence-electron chi connectivity index (χ1n) is 5.29. The number of thioether (sulfide) groups is 1. The van der Waals surface area contributed by atoms with E-state index in [4.69, 9.17) is 5.73 Å². The topological polar surface area (TPSA) is 55.1 Å². The fourth-order valence-electron chi connectivity index (χ4n) is 1.20. The van der Waals surface area contributed by atoms with Crippen molar-refractivity contribution in [1.82, 2.24) is 5.32 Å². The zero-order valence-corrected chi connectivity index (χ0v) is 10.7. The summed E-state index contributed by atoms with van der Waals surface area (Å²) in [6.45, 7) is 4.32. The molecule has 16 heavy (non-hydrogen) atoms. The van der Waals surface area contributed by atoms with Gasteiger partial charge in [0.25, 0.3) is 5.91 Å². The smallest absolute Gasteiger partial charge is 0.251 e. The molecule has 0 aliphatic rings. The first-order chi connectivity index (χ1) is 7.54. The van der Waals surface area contributed by atoms with Gasteiger partial charge in [-0.3, -0.25) is 4.79 Å². The van der Waals surface area contributed by atoms with Crippen LogP contribution < -0.4 is 11.1 Å². The number of rotatable bonds is 4. The molecule has 1 rings (SSSR count).